The number of oxazole rings is 1. The summed E-state index contributed by atoms with van der Waals surface area (Å²) >= 11 is 0. The standard InChI is InChI=1S/C10H12N2O/c1-2-7-4-9-10(13-6-12-9)5-8(7)11-3-1/h4,6,8,11H,1-3,5H2. The van der Waals surface area contributed by atoms with E-state index in [-0.39, 0.29) is 0 Å². The van der Waals surface area contributed by atoms with Gasteiger partial charge in [0.2, 0.25) is 0 Å². The predicted octanol–water partition coefficient (Wildman–Crippen LogP) is 1.37. The van der Waals surface area contributed by atoms with Crippen molar-refractivity contribution in [3.8, 4) is 0 Å². The van der Waals surface area contributed by atoms with E-state index in [2.05, 4.69) is 16.4 Å². The van der Waals surface area contributed by atoms with Gasteiger partial charge in [0.1, 0.15) is 11.5 Å². The molecule has 13 heavy (non-hydrogen) atoms. The Morgan fingerprint density at radius 3 is 3.54 bits per heavy atom. The average molecular weight is 176 g/mol. The summed E-state index contributed by atoms with van der Waals surface area (Å²) in [5.41, 5.74) is 2.53. The van der Waals surface area contributed by atoms with Crippen LogP contribution < -0.4 is 5.32 Å². The van der Waals surface area contributed by atoms with E-state index in [1.54, 1.807) is 6.39 Å². The van der Waals surface area contributed by atoms with E-state index in [0.29, 0.717) is 6.04 Å². The molecule has 0 aromatic carbocycles. The van der Waals surface area contributed by atoms with Gasteiger partial charge in [-0.1, -0.05) is 5.57 Å². The van der Waals surface area contributed by atoms with Crippen LogP contribution in [0.1, 0.15) is 24.3 Å². The van der Waals surface area contributed by atoms with Gasteiger partial charge in [0.05, 0.1) is 0 Å². The van der Waals surface area contributed by atoms with Crippen molar-refractivity contribution in [3.63, 3.8) is 0 Å². The van der Waals surface area contributed by atoms with Crippen LogP contribution in [0.15, 0.2) is 16.4 Å². The van der Waals surface area contributed by atoms with Crippen LogP contribution in [0.25, 0.3) is 6.08 Å². The number of fused-ring (bicyclic) bond motifs is 2. The molecule has 1 aromatic heterocycles. The first-order chi connectivity index (χ1) is 6.43. The summed E-state index contributed by atoms with van der Waals surface area (Å²) in [4.78, 5) is 4.18. The minimum Gasteiger partial charge on any atom is -0.448 e. The van der Waals surface area contributed by atoms with Gasteiger partial charge in [-0.05, 0) is 25.5 Å². The molecular formula is C10H12N2O. The second-order valence-corrected chi connectivity index (χ2v) is 3.69. The summed E-state index contributed by atoms with van der Waals surface area (Å²) in [6.07, 6.45) is 7.15. The number of aromatic nitrogens is 1. The fourth-order valence-electron chi connectivity index (χ4n) is 2.16. The molecule has 68 valence electrons. The minimum absolute atomic E-state index is 0.509. The van der Waals surface area contributed by atoms with E-state index < -0.39 is 0 Å². The highest BCUT2D eigenvalue weighted by molar-refractivity contribution is 5.56. The fraction of sp³-hybridized carbons (Fsp3) is 0.500. The van der Waals surface area contributed by atoms with Gasteiger partial charge in [-0.25, -0.2) is 4.98 Å². The lowest BCUT2D eigenvalue weighted by molar-refractivity contribution is 0.431. The van der Waals surface area contributed by atoms with Gasteiger partial charge in [0.25, 0.3) is 0 Å². The molecule has 0 saturated carbocycles. The van der Waals surface area contributed by atoms with Crippen molar-refractivity contribution in [1.29, 1.82) is 0 Å². The SMILES string of the molecule is C1=C2CCCNC2Cc2ocnc21. The van der Waals surface area contributed by atoms with Crippen molar-refractivity contribution in [1.82, 2.24) is 10.3 Å². The third kappa shape index (κ3) is 1.11. The van der Waals surface area contributed by atoms with Crippen LogP contribution in [-0.4, -0.2) is 17.6 Å². The number of hydrogen-bond acceptors (Lipinski definition) is 3. The molecule has 3 nitrogen and oxygen atoms in total. The third-order valence-corrected chi connectivity index (χ3v) is 2.86. The molecule has 0 radical (unpaired) electrons. The second-order valence-electron chi connectivity index (χ2n) is 3.69. The molecule has 1 aliphatic carbocycles. The molecule has 1 unspecified atom stereocenters. The van der Waals surface area contributed by atoms with Gasteiger partial charge in [-0.3, -0.25) is 0 Å². The normalized spacial score (nSPS) is 26.2. The Kier molecular flexibility index (Phi) is 1.52. The summed E-state index contributed by atoms with van der Waals surface area (Å²) in [5, 5.41) is 3.50. The lowest BCUT2D eigenvalue weighted by Crippen LogP contribution is -2.38. The van der Waals surface area contributed by atoms with Gasteiger partial charge in [0.15, 0.2) is 6.39 Å². The lowest BCUT2D eigenvalue weighted by Gasteiger charge is -2.28. The third-order valence-electron chi connectivity index (χ3n) is 2.86. The van der Waals surface area contributed by atoms with E-state index in [1.165, 1.54) is 18.4 Å². The predicted molar refractivity (Wildman–Crippen MR) is 49.2 cm³/mol. The van der Waals surface area contributed by atoms with Crippen LogP contribution in [0.4, 0.5) is 0 Å². The molecule has 0 bridgehead atoms. The number of hydrogen-bond donors (Lipinski definition) is 1. The minimum atomic E-state index is 0.509. The molecule has 0 spiro atoms. The van der Waals surface area contributed by atoms with Crippen LogP contribution >= 0.6 is 0 Å². The summed E-state index contributed by atoms with van der Waals surface area (Å²) in [5.74, 6) is 1.03. The molecule has 3 heteroatoms. The Morgan fingerprint density at radius 2 is 2.54 bits per heavy atom. The maximum Gasteiger partial charge on any atom is 0.181 e. The lowest BCUT2D eigenvalue weighted by atomic mass is 9.89. The quantitative estimate of drug-likeness (QED) is 0.648. The van der Waals surface area contributed by atoms with Gasteiger partial charge in [-0.2, -0.15) is 0 Å². The van der Waals surface area contributed by atoms with Crippen LogP contribution in [0.3, 0.4) is 0 Å². The van der Waals surface area contributed by atoms with Gasteiger partial charge < -0.3 is 9.73 Å². The highest BCUT2D eigenvalue weighted by Gasteiger charge is 2.25. The van der Waals surface area contributed by atoms with E-state index in [9.17, 15) is 0 Å². The summed E-state index contributed by atoms with van der Waals surface area (Å²) in [6.45, 7) is 1.13. The first-order valence-corrected chi connectivity index (χ1v) is 4.80. The molecule has 0 amide bonds. The van der Waals surface area contributed by atoms with Gasteiger partial charge in [0, 0.05) is 12.5 Å². The Hall–Kier alpha value is -1.09. The molecule has 2 aliphatic rings. The van der Waals surface area contributed by atoms with Crippen LogP contribution in [0.2, 0.25) is 0 Å². The van der Waals surface area contributed by atoms with Crippen molar-refractivity contribution in [3.05, 3.63) is 23.4 Å². The summed E-state index contributed by atoms with van der Waals surface area (Å²) < 4.78 is 5.31. The largest absolute Gasteiger partial charge is 0.448 e. The zero-order chi connectivity index (χ0) is 8.67. The van der Waals surface area contributed by atoms with Crippen molar-refractivity contribution in [2.24, 2.45) is 0 Å². The first kappa shape index (κ1) is 7.33. The van der Waals surface area contributed by atoms with Crippen LogP contribution in [0, 0.1) is 0 Å². The topological polar surface area (TPSA) is 38.1 Å². The van der Waals surface area contributed by atoms with Crippen molar-refractivity contribution >= 4 is 6.08 Å². The zero-order valence-corrected chi connectivity index (χ0v) is 7.42. The van der Waals surface area contributed by atoms with Crippen molar-refractivity contribution < 1.29 is 4.42 Å². The van der Waals surface area contributed by atoms with Gasteiger partial charge in [-0.15, -0.1) is 0 Å². The molecule has 1 N–H and O–H groups in total. The molecule has 2 heterocycles. The smallest absolute Gasteiger partial charge is 0.181 e. The van der Waals surface area contributed by atoms with Gasteiger partial charge >= 0.3 is 0 Å². The highest BCUT2D eigenvalue weighted by atomic mass is 16.3. The first-order valence-electron chi connectivity index (χ1n) is 4.80. The van der Waals surface area contributed by atoms with Crippen LogP contribution in [0.5, 0.6) is 0 Å². The number of nitrogens with one attached hydrogen (secondary N) is 1. The zero-order valence-electron chi connectivity index (χ0n) is 7.42. The van der Waals surface area contributed by atoms with E-state index >= 15 is 0 Å². The Labute approximate surface area is 76.8 Å². The molecule has 1 aliphatic heterocycles. The number of nitrogens with zero attached hydrogens (tertiary/aromatic N) is 1. The number of rotatable bonds is 0. The average Bonchev–Trinajstić information content (AvgIpc) is 2.61. The van der Waals surface area contributed by atoms with Crippen molar-refractivity contribution in [2.45, 2.75) is 25.3 Å². The molecule has 1 aromatic rings. The monoisotopic (exact) mass is 176 g/mol. The summed E-state index contributed by atoms with van der Waals surface area (Å²) in [6, 6.07) is 0.509. The molecule has 1 saturated heterocycles. The fourth-order valence-corrected chi connectivity index (χ4v) is 2.16. The summed E-state index contributed by atoms with van der Waals surface area (Å²) in [7, 11) is 0. The van der Waals surface area contributed by atoms with E-state index in [0.717, 1.165) is 24.4 Å². The Bertz CT molecular complexity index is 354. The second kappa shape index (κ2) is 2.70. The maximum atomic E-state index is 5.31. The maximum absolute atomic E-state index is 5.31. The Morgan fingerprint density at radius 1 is 1.54 bits per heavy atom. The van der Waals surface area contributed by atoms with Crippen molar-refractivity contribution in [2.75, 3.05) is 6.54 Å². The van der Waals surface area contributed by atoms with E-state index in [4.69, 9.17) is 4.42 Å². The molecule has 1 fully saturated rings. The highest BCUT2D eigenvalue weighted by Crippen LogP contribution is 2.27. The molecular weight excluding hydrogens is 164 g/mol. The Balaban J connectivity index is 2.02. The van der Waals surface area contributed by atoms with E-state index in [1.807, 2.05) is 0 Å². The molecule has 1 atom stereocenters. The number of piperidine rings is 1. The van der Waals surface area contributed by atoms with Crippen LogP contribution in [-0.2, 0) is 6.42 Å². The molecule has 3 rings (SSSR count).